The van der Waals surface area contributed by atoms with Gasteiger partial charge in [-0.15, -0.1) is 10.2 Å². The Morgan fingerprint density at radius 3 is 2.48 bits per heavy atom. The van der Waals surface area contributed by atoms with Crippen molar-refractivity contribution in [1.82, 2.24) is 14.9 Å². The first-order valence-corrected chi connectivity index (χ1v) is 9.17. The number of ketones is 1. The number of nitrogen functional groups attached to an aromatic ring is 1. The summed E-state index contributed by atoms with van der Waals surface area (Å²) in [6, 6.07) is 12.8. The van der Waals surface area contributed by atoms with E-state index in [1.54, 1.807) is 26.4 Å². The Morgan fingerprint density at radius 1 is 1.11 bits per heavy atom. The van der Waals surface area contributed by atoms with Gasteiger partial charge in [-0.3, -0.25) is 4.79 Å². The Morgan fingerprint density at radius 2 is 1.85 bits per heavy atom. The summed E-state index contributed by atoms with van der Waals surface area (Å²) in [5.41, 5.74) is 2.37. The van der Waals surface area contributed by atoms with Gasteiger partial charge in [-0.25, -0.2) is 4.68 Å². The molecule has 140 valence electrons. The molecule has 0 fully saturated rings. The van der Waals surface area contributed by atoms with Crippen LogP contribution in [0.5, 0.6) is 11.5 Å². The molecule has 0 spiro atoms. The Labute approximate surface area is 161 Å². The Kier molecular flexibility index (Phi) is 5.66. The average molecular weight is 384 g/mol. The molecule has 2 aromatic carbocycles. The molecule has 0 aliphatic heterocycles. The lowest BCUT2D eigenvalue weighted by Gasteiger charge is -2.09. The van der Waals surface area contributed by atoms with E-state index < -0.39 is 0 Å². The third-order valence-electron chi connectivity index (χ3n) is 4.06. The number of rotatable bonds is 7. The van der Waals surface area contributed by atoms with Gasteiger partial charge in [-0.2, -0.15) is 0 Å². The maximum absolute atomic E-state index is 11.6. The number of thioether (sulfide) groups is 1. The molecule has 0 saturated carbocycles. The number of methoxy groups -OCH3 is 2. The van der Waals surface area contributed by atoms with Crippen molar-refractivity contribution < 1.29 is 14.3 Å². The summed E-state index contributed by atoms with van der Waals surface area (Å²) in [7, 11) is 3.22. The van der Waals surface area contributed by atoms with Crippen LogP contribution in [-0.4, -0.2) is 34.9 Å². The molecule has 0 aliphatic carbocycles. The largest absolute Gasteiger partial charge is 0.497 e. The standard InChI is InChI=1S/C19H20N4O3S/c1-12(24)14-6-9-17(26-3)15(10-14)11-27-19-22-21-18(23(19)20)13-4-7-16(25-2)8-5-13/h4-10H,11,20H2,1-3H3. The van der Waals surface area contributed by atoms with E-state index in [1.165, 1.54) is 23.4 Å². The molecule has 3 rings (SSSR count). The van der Waals surface area contributed by atoms with Crippen molar-refractivity contribution in [3.05, 3.63) is 53.6 Å². The molecule has 7 nitrogen and oxygen atoms in total. The van der Waals surface area contributed by atoms with E-state index in [0.29, 0.717) is 28.0 Å². The van der Waals surface area contributed by atoms with Crippen LogP contribution < -0.4 is 15.3 Å². The summed E-state index contributed by atoms with van der Waals surface area (Å²) in [4.78, 5) is 11.6. The number of hydrogen-bond acceptors (Lipinski definition) is 7. The molecule has 0 atom stereocenters. The van der Waals surface area contributed by atoms with Gasteiger partial charge in [0.2, 0.25) is 5.16 Å². The Bertz CT molecular complexity index is 954. The van der Waals surface area contributed by atoms with Crippen LogP contribution in [0.25, 0.3) is 11.4 Å². The van der Waals surface area contributed by atoms with Gasteiger partial charge in [0.1, 0.15) is 11.5 Å². The van der Waals surface area contributed by atoms with Crippen LogP contribution in [-0.2, 0) is 5.75 Å². The molecule has 0 bridgehead atoms. The lowest BCUT2D eigenvalue weighted by atomic mass is 10.1. The summed E-state index contributed by atoms with van der Waals surface area (Å²) >= 11 is 1.42. The lowest BCUT2D eigenvalue weighted by Crippen LogP contribution is -2.11. The van der Waals surface area contributed by atoms with Crippen molar-refractivity contribution in [2.45, 2.75) is 17.8 Å². The van der Waals surface area contributed by atoms with Crippen LogP contribution in [0.3, 0.4) is 0 Å². The Balaban J connectivity index is 1.80. The fraction of sp³-hybridized carbons (Fsp3) is 0.211. The van der Waals surface area contributed by atoms with Crippen molar-refractivity contribution >= 4 is 17.5 Å². The summed E-state index contributed by atoms with van der Waals surface area (Å²) in [5, 5.41) is 8.92. The van der Waals surface area contributed by atoms with Crippen LogP contribution >= 0.6 is 11.8 Å². The maximum atomic E-state index is 11.6. The monoisotopic (exact) mass is 384 g/mol. The number of carbonyl (C=O) groups excluding carboxylic acids is 1. The number of ether oxygens (including phenoxy) is 2. The summed E-state index contributed by atoms with van der Waals surface area (Å²) in [5.74, 6) is 8.76. The molecule has 0 radical (unpaired) electrons. The number of benzene rings is 2. The zero-order chi connectivity index (χ0) is 19.4. The van der Waals surface area contributed by atoms with Crippen LogP contribution in [0.15, 0.2) is 47.6 Å². The molecule has 27 heavy (non-hydrogen) atoms. The number of aromatic nitrogens is 3. The van der Waals surface area contributed by atoms with Gasteiger partial charge < -0.3 is 15.3 Å². The van der Waals surface area contributed by atoms with E-state index in [0.717, 1.165) is 16.9 Å². The zero-order valence-corrected chi connectivity index (χ0v) is 16.1. The highest BCUT2D eigenvalue weighted by atomic mass is 32.2. The number of carbonyl (C=O) groups is 1. The first-order valence-electron chi connectivity index (χ1n) is 8.19. The topological polar surface area (TPSA) is 92.3 Å². The molecule has 0 saturated heterocycles. The molecule has 1 aromatic heterocycles. The highest BCUT2D eigenvalue weighted by molar-refractivity contribution is 7.98. The first-order chi connectivity index (χ1) is 13.0. The van der Waals surface area contributed by atoms with Crippen LogP contribution in [0.1, 0.15) is 22.8 Å². The molecular weight excluding hydrogens is 364 g/mol. The van der Waals surface area contributed by atoms with Gasteiger partial charge >= 0.3 is 0 Å². The van der Waals surface area contributed by atoms with Crippen LogP contribution in [0.2, 0.25) is 0 Å². The summed E-state index contributed by atoms with van der Waals surface area (Å²) in [6.45, 7) is 1.54. The van der Waals surface area contributed by atoms with E-state index in [9.17, 15) is 4.79 Å². The number of Topliss-reactive ketones (excluding diaryl/α,β-unsaturated/α-hetero) is 1. The maximum Gasteiger partial charge on any atom is 0.210 e. The molecular formula is C19H20N4O3S. The summed E-state index contributed by atoms with van der Waals surface area (Å²) in [6.07, 6.45) is 0. The molecule has 0 unspecified atom stereocenters. The fourth-order valence-corrected chi connectivity index (χ4v) is 3.40. The van der Waals surface area contributed by atoms with Crippen molar-refractivity contribution in [2.24, 2.45) is 0 Å². The van der Waals surface area contributed by atoms with Gasteiger partial charge in [-0.1, -0.05) is 11.8 Å². The third kappa shape index (κ3) is 4.06. The van der Waals surface area contributed by atoms with Crippen molar-refractivity contribution in [2.75, 3.05) is 20.1 Å². The minimum atomic E-state index is 0.00712. The van der Waals surface area contributed by atoms with Crippen LogP contribution in [0, 0.1) is 0 Å². The molecule has 8 heteroatoms. The average Bonchev–Trinajstić information content (AvgIpc) is 3.06. The van der Waals surface area contributed by atoms with E-state index >= 15 is 0 Å². The minimum Gasteiger partial charge on any atom is -0.497 e. The van der Waals surface area contributed by atoms with Crippen molar-refractivity contribution in [3.8, 4) is 22.9 Å². The van der Waals surface area contributed by atoms with Crippen molar-refractivity contribution in [3.63, 3.8) is 0 Å². The second kappa shape index (κ2) is 8.13. The predicted octanol–water partition coefficient (Wildman–Crippen LogP) is 3.17. The zero-order valence-electron chi connectivity index (χ0n) is 15.3. The fourth-order valence-electron chi connectivity index (χ4n) is 2.57. The van der Waals surface area contributed by atoms with Gasteiger partial charge in [-0.05, 0) is 49.4 Å². The van der Waals surface area contributed by atoms with E-state index in [-0.39, 0.29) is 5.78 Å². The second-order valence-corrected chi connectivity index (χ2v) is 6.72. The molecule has 0 amide bonds. The van der Waals surface area contributed by atoms with E-state index in [1.807, 2.05) is 30.3 Å². The van der Waals surface area contributed by atoms with E-state index in [4.69, 9.17) is 15.3 Å². The Hall–Kier alpha value is -3.00. The highest BCUT2D eigenvalue weighted by Gasteiger charge is 2.14. The normalized spacial score (nSPS) is 10.6. The number of hydrogen-bond donors (Lipinski definition) is 1. The van der Waals surface area contributed by atoms with Gasteiger partial charge in [0.15, 0.2) is 11.6 Å². The summed E-state index contributed by atoms with van der Waals surface area (Å²) < 4.78 is 12.0. The van der Waals surface area contributed by atoms with Gasteiger partial charge in [0.05, 0.1) is 14.2 Å². The number of nitrogens with two attached hydrogens (primary N) is 1. The minimum absolute atomic E-state index is 0.00712. The van der Waals surface area contributed by atoms with E-state index in [2.05, 4.69) is 10.2 Å². The molecule has 1 heterocycles. The lowest BCUT2D eigenvalue weighted by molar-refractivity contribution is 0.101. The van der Waals surface area contributed by atoms with Crippen LogP contribution in [0.4, 0.5) is 0 Å². The molecule has 0 aliphatic rings. The van der Waals surface area contributed by atoms with Gasteiger partial charge in [0, 0.05) is 22.4 Å². The molecule has 3 aromatic rings. The quantitative estimate of drug-likeness (QED) is 0.380. The van der Waals surface area contributed by atoms with Gasteiger partial charge in [0.25, 0.3) is 0 Å². The third-order valence-corrected chi connectivity index (χ3v) is 5.05. The second-order valence-electron chi connectivity index (χ2n) is 5.78. The number of nitrogens with zero attached hydrogens (tertiary/aromatic N) is 3. The highest BCUT2D eigenvalue weighted by Crippen LogP contribution is 2.29. The molecule has 2 N–H and O–H groups in total. The van der Waals surface area contributed by atoms with Crippen molar-refractivity contribution in [1.29, 1.82) is 0 Å². The SMILES string of the molecule is COc1ccc(-c2nnc(SCc3cc(C(C)=O)ccc3OC)n2N)cc1. The predicted molar refractivity (Wildman–Crippen MR) is 105 cm³/mol. The smallest absolute Gasteiger partial charge is 0.210 e. The first kappa shape index (κ1) is 18.8.